The summed E-state index contributed by atoms with van der Waals surface area (Å²) in [6, 6.07) is 13.7. The lowest BCUT2D eigenvalue weighted by atomic mass is 9.96. The van der Waals surface area contributed by atoms with Crippen LogP contribution in [0, 0.1) is 0 Å². The van der Waals surface area contributed by atoms with E-state index < -0.39 is 10.0 Å². The van der Waals surface area contributed by atoms with Gasteiger partial charge in [-0.3, -0.25) is 0 Å². The molecule has 0 spiro atoms. The molecule has 6 heteroatoms. The van der Waals surface area contributed by atoms with Gasteiger partial charge in [-0.2, -0.15) is 0 Å². The molecule has 0 bridgehead atoms. The van der Waals surface area contributed by atoms with Gasteiger partial charge in [0.05, 0.1) is 4.90 Å². The molecule has 4 nitrogen and oxygen atoms in total. The molecule has 0 aromatic heterocycles. The molecule has 0 atom stereocenters. The summed E-state index contributed by atoms with van der Waals surface area (Å²) in [6.07, 6.45) is 3.13. The Morgan fingerprint density at radius 1 is 0.962 bits per heavy atom. The molecule has 3 rings (SSSR count). The third-order valence-corrected chi connectivity index (χ3v) is 7.30. The molecule has 1 aliphatic rings. The third kappa shape index (κ3) is 3.74. The SMILES string of the molecule is CN(C)CC/C=C1\c2ccccc2Sc2ccc(S(=O)(=O)N(C)C)cc21. The van der Waals surface area contributed by atoms with Crippen LogP contribution in [0.3, 0.4) is 0 Å². The quantitative estimate of drug-likeness (QED) is 0.667. The molecule has 1 aliphatic heterocycles. The van der Waals surface area contributed by atoms with Crippen molar-refractivity contribution in [1.82, 2.24) is 9.21 Å². The van der Waals surface area contributed by atoms with E-state index in [0.29, 0.717) is 4.90 Å². The van der Waals surface area contributed by atoms with Crippen LogP contribution in [0.1, 0.15) is 17.5 Å². The van der Waals surface area contributed by atoms with E-state index in [9.17, 15) is 8.42 Å². The van der Waals surface area contributed by atoms with Gasteiger partial charge in [0.25, 0.3) is 0 Å². The van der Waals surface area contributed by atoms with Gasteiger partial charge in [-0.05, 0) is 61.5 Å². The summed E-state index contributed by atoms with van der Waals surface area (Å²) in [5.41, 5.74) is 3.28. The second kappa shape index (κ2) is 7.56. The van der Waals surface area contributed by atoms with Gasteiger partial charge in [0.15, 0.2) is 0 Å². The molecule has 0 amide bonds. The van der Waals surface area contributed by atoms with Crippen LogP contribution in [0.2, 0.25) is 0 Å². The highest BCUT2D eigenvalue weighted by molar-refractivity contribution is 7.99. The first-order chi connectivity index (χ1) is 12.3. The van der Waals surface area contributed by atoms with Gasteiger partial charge in [0.1, 0.15) is 0 Å². The molecule has 138 valence electrons. The number of benzene rings is 2. The van der Waals surface area contributed by atoms with Gasteiger partial charge in [-0.1, -0.05) is 36.0 Å². The molecule has 2 aromatic rings. The summed E-state index contributed by atoms with van der Waals surface area (Å²) in [4.78, 5) is 4.78. The highest BCUT2D eigenvalue weighted by atomic mass is 32.2. The summed E-state index contributed by atoms with van der Waals surface area (Å²) < 4.78 is 26.4. The van der Waals surface area contributed by atoms with Crippen LogP contribution >= 0.6 is 11.8 Å². The molecule has 0 radical (unpaired) electrons. The average molecular weight is 389 g/mol. The zero-order valence-electron chi connectivity index (χ0n) is 15.6. The van der Waals surface area contributed by atoms with Crippen molar-refractivity contribution in [3.63, 3.8) is 0 Å². The molecule has 26 heavy (non-hydrogen) atoms. The van der Waals surface area contributed by atoms with Crippen LogP contribution < -0.4 is 0 Å². The van der Waals surface area contributed by atoms with Gasteiger partial charge in [-0.15, -0.1) is 0 Å². The molecule has 0 saturated carbocycles. The third-order valence-electron chi connectivity index (χ3n) is 4.34. The van der Waals surface area contributed by atoms with Gasteiger partial charge in [-0.25, -0.2) is 12.7 Å². The van der Waals surface area contributed by atoms with E-state index in [-0.39, 0.29) is 0 Å². The Hall–Kier alpha value is -1.60. The number of rotatable bonds is 5. The fraction of sp³-hybridized carbons (Fsp3) is 0.300. The molecule has 0 unspecified atom stereocenters. The second-order valence-electron chi connectivity index (χ2n) is 6.75. The van der Waals surface area contributed by atoms with Crippen molar-refractivity contribution in [2.24, 2.45) is 0 Å². The van der Waals surface area contributed by atoms with Crippen LogP contribution in [0.5, 0.6) is 0 Å². The minimum atomic E-state index is -3.46. The van der Waals surface area contributed by atoms with E-state index in [1.807, 2.05) is 24.3 Å². The van der Waals surface area contributed by atoms with Crippen molar-refractivity contribution in [3.05, 3.63) is 59.7 Å². The number of sulfonamides is 1. The van der Waals surface area contributed by atoms with Crippen molar-refractivity contribution in [2.45, 2.75) is 21.1 Å². The van der Waals surface area contributed by atoms with Crippen molar-refractivity contribution in [3.8, 4) is 0 Å². The molecule has 0 fully saturated rings. The first kappa shape index (κ1) is 19.2. The van der Waals surface area contributed by atoms with Crippen LogP contribution in [0.15, 0.2) is 63.2 Å². The van der Waals surface area contributed by atoms with Crippen LogP contribution in [0.25, 0.3) is 5.57 Å². The fourth-order valence-electron chi connectivity index (χ4n) is 2.91. The Bertz CT molecular complexity index is 948. The van der Waals surface area contributed by atoms with Crippen molar-refractivity contribution >= 4 is 27.4 Å². The van der Waals surface area contributed by atoms with E-state index in [1.54, 1.807) is 31.9 Å². The second-order valence-corrected chi connectivity index (χ2v) is 9.99. The van der Waals surface area contributed by atoms with Gasteiger partial charge in [0.2, 0.25) is 10.0 Å². The van der Waals surface area contributed by atoms with Crippen LogP contribution in [-0.2, 0) is 10.0 Å². The van der Waals surface area contributed by atoms with E-state index in [4.69, 9.17) is 0 Å². The summed E-state index contributed by atoms with van der Waals surface area (Å²) in [5, 5.41) is 0. The first-order valence-corrected chi connectivity index (χ1v) is 10.8. The molecular weight excluding hydrogens is 364 g/mol. The maximum Gasteiger partial charge on any atom is 0.242 e. The smallest absolute Gasteiger partial charge is 0.242 e. The highest BCUT2D eigenvalue weighted by Gasteiger charge is 2.24. The maximum absolute atomic E-state index is 12.6. The molecule has 0 aliphatic carbocycles. The average Bonchev–Trinajstić information content (AvgIpc) is 2.60. The normalized spacial score (nSPS) is 15.4. The highest BCUT2D eigenvalue weighted by Crippen LogP contribution is 2.46. The lowest BCUT2D eigenvalue weighted by Crippen LogP contribution is -2.22. The summed E-state index contributed by atoms with van der Waals surface area (Å²) in [5.74, 6) is 0. The van der Waals surface area contributed by atoms with E-state index in [0.717, 1.165) is 29.0 Å². The summed E-state index contributed by atoms with van der Waals surface area (Å²) >= 11 is 1.69. The first-order valence-electron chi connectivity index (χ1n) is 8.50. The minimum absolute atomic E-state index is 0.333. The number of nitrogens with zero attached hydrogens (tertiary/aromatic N) is 2. The molecule has 0 saturated heterocycles. The number of hydrogen-bond donors (Lipinski definition) is 0. The summed E-state index contributed by atoms with van der Waals surface area (Å²) in [6.45, 7) is 0.948. The molecular formula is C20H24N2O2S2. The van der Waals surface area contributed by atoms with E-state index >= 15 is 0 Å². The Morgan fingerprint density at radius 3 is 2.35 bits per heavy atom. The molecule has 2 aromatic carbocycles. The largest absolute Gasteiger partial charge is 0.309 e. The van der Waals surface area contributed by atoms with E-state index in [2.05, 4.69) is 37.2 Å². The maximum atomic E-state index is 12.6. The van der Waals surface area contributed by atoms with E-state index in [1.165, 1.54) is 14.8 Å². The predicted molar refractivity (Wildman–Crippen MR) is 108 cm³/mol. The van der Waals surface area contributed by atoms with Crippen LogP contribution in [0.4, 0.5) is 0 Å². The number of fused-ring (bicyclic) bond motifs is 2. The molecule has 0 N–H and O–H groups in total. The Kier molecular flexibility index (Phi) is 5.58. The monoisotopic (exact) mass is 388 g/mol. The standard InChI is InChI=1S/C20H24N2O2S2/c1-21(2)13-7-9-16-17-8-5-6-10-19(17)25-20-12-11-15(14-18(16)20)26(23,24)22(3)4/h5-6,8-12,14H,7,13H2,1-4H3/b16-9+. The minimum Gasteiger partial charge on any atom is -0.309 e. The Balaban J connectivity index is 2.12. The van der Waals surface area contributed by atoms with Gasteiger partial charge < -0.3 is 4.90 Å². The van der Waals surface area contributed by atoms with Gasteiger partial charge >= 0.3 is 0 Å². The summed E-state index contributed by atoms with van der Waals surface area (Å²) in [7, 11) is 3.78. The lowest BCUT2D eigenvalue weighted by molar-refractivity contribution is 0.417. The number of hydrogen-bond acceptors (Lipinski definition) is 4. The van der Waals surface area contributed by atoms with Gasteiger partial charge in [0, 0.05) is 30.4 Å². The predicted octanol–water partition coefficient (Wildman–Crippen LogP) is 3.78. The van der Waals surface area contributed by atoms with Crippen molar-refractivity contribution < 1.29 is 8.42 Å². The molecule has 1 heterocycles. The zero-order valence-corrected chi connectivity index (χ0v) is 17.2. The van der Waals surface area contributed by atoms with Crippen molar-refractivity contribution in [1.29, 1.82) is 0 Å². The Morgan fingerprint density at radius 2 is 1.65 bits per heavy atom. The van der Waals surface area contributed by atoms with Crippen molar-refractivity contribution in [2.75, 3.05) is 34.7 Å². The zero-order chi connectivity index (χ0) is 18.9. The van der Waals surface area contributed by atoms with Crippen LogP contribution in [-0.4, -0.2) is 52.4 Å². The Labute approximate surface area is 160 Å². The lowest BCUT2D eigenvalue weighted by Gasteiger charge is -2.23. The topological polar surface area (TPSA) is 40.6 Å². The fourth-order valence-corrected chi connectivity index (χ4v) is 4.92.